The largest absolute Gasteiger partial charge is 0.396 e. The summed E-state index contributed by atoms with van der Waals surface area (Å²) in [7, 11) is -0.766. The number of halogens is 1. The number of nitrogens with one attached hydrogen (secondary N) is 1. The summed E-state index contributed by atoms with van der Waals surface area (Å²) in [6, 6.07) is 5.70. The lowest BCUT2D eigenvalue weighted by molar-refractivity contribution is 0.687. The molecule has 78 valence electrons. The first-order valence-electron chi connectivity index (χ1n) is 4.19. The van der Waals surface area contributed by atoms with E-state index in [-0.39, 0.29) is 0 Å². The first kappa shape index (κ1) is 11.5. The predicted octanol–water partition coefficient (Wildman–Crippen LogP) is 1.82. The summed E-state index contributed by atoms with van der Waals surface area (Å²) < 4.78 is 11.7. The summed E-state index contributed by atoms with van der Waals surface area (Å²) in [6.07, 6.45) is 1.69. The minimum Gasteiger partial charge on any atom is -0.396 e. The maximum atomic E-state index is 10.8. The van der Waals surface area contributed by atoms with Crippen LogP contribution in [0.3, 0.4) is 0 Å². The van der Waals surface area contributed by atoms with Gasteiger partial charge in [-0.25, -0.2) is 0 Å². The summed E-state index contributed by atoms with van der Waals surface area (Å²) >= 11 is 3.34. The van der Waals surface area contributed by atoms with Crippen molar-refractivity contribution in [2.45, 2.75) is 0 Å². The van der Waals surface area contributed by atoms with Crippen LogP contribution in [-0.4, -0.2) is 22.8 Å². The van der Waals surface area contributed by atoms with Gasteiger partial charge in [0.15, 0.2) is 0 Å². The number of anilines is 2. The zero-order valence-electron chi connectivity index (χ0n) is 7.92. The number of nitrogen functional groups attached to an aromatic ring is 1. The van der Waals surface area contributed by atoms with Gasteiger partial charge in [-0.05, 0) is 28.1 Å². The molecule has 0 aromatic heterocycles. The van der Waals surface area contributed by atoms with Crippen molar-refractivity contribution in [2.75, 3.05) is 29.6 Å². The summed E-state index contributed by atoms with van der Waals surface area (Å²) in [4.78, 5) is 0. The number of para-hydroxylation sites is 1. The maximum absolute atomic E-state index is 10.8. The molecule has 1 atom stereocenters. The molecule has 0 radical (unpaired) electrons. The van der Waals surface area contributed by atoms with Crippen LogP contribution in [0.25, 0.3) is 0 Å². The van der Waals surface area contributed by atoms with Crippen LogP contribution >= 0.6 is 15.9 Å². The molecule has 0 aliphatic rings. The number of nitrogens with two attached hydrogens (primary N) is 1. The fourth-order valence-electron chi connectivity index (χ4n) is 1.02. The van der Waals surface area contributed by atoms with Gasteiger partial charge in [0.2, 0.25) is 0 Å². The minimum atomic E-state index is -0.766. The Morgan fingerprint density at radius 3 is 2.93 bits per heavy atom. The van der Waals surface area contributed by atoms with E-state index in [0.29, 0.717) is 18.0 Å². The molecule has 14 heavy (non-hydrogen) atoms. The van der Waals surface area contributed by atoms with E-state index in [4.69, 9.17) is 5.73 Å². The maximum Gasteiger partial charge on any atom is 0.0694 e. The van der Waals surface area contributed by atoms with Crippen LogP contribution in [0.5, 0.6) is 0 Å². The lowest BCUT2D eigenvalue weighted by atomic mass is 10.3. The highest BCUT2D eigenvalue weighted by Crippen LogP contribution is 2.26. The summed E-state index contributed by atoms with van der Waals surface area (Å²) in [5.74, 6) is 0.631. The van der Waals surface area contributed by atoms with Crippen molar-refractivity contribution in [3.63, 3.8) is 0 Å². The van der Waals surface area contributed by atoms with Gasteiger partial charge in [0, 0.05) is 33.8 Å². The number of hydrogen-bond acceptors (Lipinski definition) is 3. The molecule has 0 amide bonds. The van der Waals surface area contributed by atoms with Crippen LogP contribution in [0.15, 0.2) is 22.7 Å². The molecule has 0 fully saturated rings. The zero-order valence-corrected chi connectivity index (χ0v) is 10.3. The Kier molecular flexibility index (Phi) is 4.41. The van der Waals surface area contributed by atoms with Crippen molar-refractivity contribution in [2.24, 2.45) is 0 Å². The van der Waals surface area contributed by atoms with Crippen molar-refractivity contribution in [3.8, 4) is 0 Å². The molecule has 3 N–H and O–H groups in total. The molecule has 0 saturated carbocycles. The average Bonchev–Trinajstić information content (AvgIpc) is 2.12. The SMILES string of the molecule is CS(=O)CCNc1cccc(Br)c1N. The van der Waals surface area contributed by atoms with E-state index in [1.807, 2.05) is 18.2 Å². The van der Waals surface area contributed by atoms with Crippen molar-refractivity contribution in [1.82, 2.24) is 0 Å². The Balaban J connectivity index is 2.59. The summed E-state index contributed by atoms with van der Waals surface area (Å²) in [6.45, 7) is 0.670. The fraction of sp³-hybridized carbons (Fsp3) is 0.333. The third-order valence-corrected chi connectivity index (χ3v) is 3.23. The van der Waals surface area contributed by atoms with Gasteiger partial charge < -0.3 is 11.1 Å². The van der Waals surface area contributed by atoms with E-state index in [9.17, 15) is 4.21 Å². The molecule has 1 unspecified atom stereocenters. The molecule has 0 spiro atoms. The van der Waals surface area contributed by atoms with Gasteiger partial charge >= 0.3 is 0 Å². The molecular weight excluding hydrogens is 264 g/mol. The van der Waals surface area contributed by atoms with Crippen LogP contribution in [-0.2, 0) is 10.8 Å². The second-order valence-electron chi connectivity index (χ2n) is 2.91. The van der Waals surface area contributed by atoms with Crippen molar-refractivity contribution in [3.05, 3.63) is 22.7 Å². The Morgan fingerprint density at radius 1 is 1.57 bits per heavy atom. The smallest absolute Gasteiger partial charge is 0.0694 e. The molecule has 5 heteroatoms. The molecule has 0 aliphatic carbocycles. The number of hydrogen-bond donors (Lipinski definition) is 2. The van der Waals surface area contributed by atoms with E-state index >= 15 is 0 Å². The summed E-state index contributed by atoms with van der Waals surface area (Å²) in [5, 5.41) is 3.14. The van der Waals surface area contributed by atoms with Gasteiger partial charge in [-0.3, -0.25) is 4.21 Å². The Morgan fingerprint density at radius 2 is 2.29 bits per heavy atom. The molecule has 1 aromatic carbocycles. The molecule has 3 nitrogen and oxygen atoms in total. The number of benzene rings is 1. The average molecular weight is 277 g/mol. The van der Waals surface area contributed by atoms with Crippen LogP contribution in [0.1, 0.15) is 0 Å². The van der Waals surface area contributed by atoms with Crippen molar-refractivity contribution < 1.29 is 4.21 Å². The molecule has 0 heterocycles. The Bertz CT molecular complexity index is 344. The predicted molar refractivity (Wildman–Crippen MR) is 66.0 cm³/mol. The third kappa shape index (κ3) is 3.31. The zero-order chi connectivity index (χ0) is 10.6. The first-order chi connectivity index (χ1) is 6.61. The van der Waals surface area contributed by atoms with E-state index in [1.54, 1.807) is 6.26 Å². The fourth-order valence-corrected chi connectivity index (χ4v) is 1.78. The number of rotatable bonds is 4. The molecule has 1 aromatic rings. The second kappa shape index (κ2) is 5.36. The molecule has 1 rings (SSSR count). The second-order valence-corrected chi connectivity index (χ2v) is 5.31. The molecule has 0 saturated heterocycles. The normalized spacial score (nSPS) is 12.4. The van der Waals surface area contributed by atoms with Crippen LogP contribution < -0.4 is 11.1 Å². The topological polar surface area (TPSA) is 55.1 Å². The highest BCUT2D eigenvalue weighted by atomic mass is 79.9. The van der Waals surface area contributed by atoms with E-state index in [1.165, 1.54) is 0 Å². The van der Waals surface area contributed by atoms with Gasteiger partial charge in [0.05, 0.1) is 11.4 Å². The lowest BCUT2D eigenvalue weighted by Gasteiger charge is -2.09. The van der Waals surface area contributed by atoms with E-state index in [2.05, 4.69) is 21.2 Å². The molecular formula is C9H13BrN2OS. The van der Waals surface area contributed by atoms with Gasteiger partial charge in [-0.2, -0.15) is 0 Å². The van der Waals surface area contributed by atoms with Gasteiger partial charge in [0.1, 0.15) is 0 Å². The first-order valence-corrected chi connectivity index (χ1v) is 6.71. The van der Waals surface area contributed by atoms with Crippen molar-refractivity contribution >= 4 is 38.1 Å². The third-order valence-electron chi connectivity index (χ3n) is 1.76. The molecule has 0 aliphatic heterocycles. The summed E-state index contributed by atoms with van der Waals surface area (Å²) in [5.41, 5.74) is 7.38. The van der Waals surface area contributed by atoms with Gasteiger partial charge in [-0.1, -0.05) is 6.07 Å². The highest BCUT2D eigenvalue weighted by Gasteiger charge is 2.01. The van der Waals surface area contributed by atoms with Crippen LogP contribution in [0, 0.1) is 0 Å². The lowest BCUT2D eigenvalue weighted by Crippen LogP contribution is -2.11. The quantitative estimate of drug-likeness (QED) is 0.825. The standard InChI is InChI=1S/C9H13BrN2OS/c1-14(13)6-5-12-8-4-2-3-7(10)9(8)11/h2-4,12H,5-6,11H2,1H3. The monoisotopic (exact) mass is 276 g/mol. The van der Waals surface area contributed by atoms with Crippen LogP contribution in [0.4, 0.5) is 11.4 Å². The van der Waals surface area contributed by atoms with E-state index < -0.39 is 10.8 Å². The highest BCUT2D eigenvalue weighted by molar-refractivity contribution is 9.10. The van der Waals surface area contributed by atoms with Crippen molar-refractivity contribution in [1.29, 1.82) is 0 Å². The van der Waals surface area contributed by atoms with Gasteiger partial charge in [0.25, 0.3) is 0 Å². The Labute approximate surface area is 94.7 Å². The van der Waals surface area contributed by atoms with Crippen LogP contribution in [0.2, 0.25) is 0 Å². The molecule has 0 bridgehead atoms. The Hall–Kier alpha value is -0.550. The van der Waals surface area contributed by atoms with E-state index in [0.717, 1.165) is 10.2 Å². The van der Waals surface area contributed by atoms with Gasteiger partial charge in [-0.15, -0.1) is 0 Å². The minimum absolute atomic E-state index is 0.631.